The minimum atomic E-state index is -1.64. The van der Waals surface area contributed by atoms with Gasteiger partial charge >= 0.3 is 11.9 Å². The topological polar surface area (TPSA) is 98.5 Å². The van der Waals surface area contributed by atoms with Crippen LogP contribution in [0, 0.1) is 22.7 Å². The van der Waals surface area contributed by atoms with Crippen molar-refractivity contribution in [1.29, 1.82) is 0 Å². The summed E-state index contributed by atoms with van der Waals surface area (Å²) in [7, 11) is 0. The number of ether oxygens (including phenoxy) is 3. The summed E-state index contributed by atoms with van der Waals surface area (Å²) in [6, 6.07) is 1.81. The van der Waals surface area contributed by atoms with Gasteiger partial charge in [-0.25, -0.2) is 4.79 Å². The summed E-state index contributed by atoms with van der Waals surface area (Å²) in [5.74, 6) is -1.24. The van der Waals surface area contributed by atoms with Crippen molar-refractivity contribution < 1.29 is 33.3 Å². The van der Waals surface area contributed by atoms with Gasteiger partial charge in [0, 0.05) is 16.9 Å². The minimum Gasteiger partial charge on any atom is -0.472 e. The molecule has 9 atom stereocenters. The SMILES string of the molecule is C[C@@]12C[C@H](c3ccoc3)OC(=O)[C@@H]1CC[C@]1(C)[C@H]2[C@@H]2OC(=O)[C@@]1(O)[C@H]1O[C@@H]21. The molecule has 144 valence electrons. The molecular formula is C20H22O7. The number of furan rings is 1. The van der Waals surface area contributed by atoms with Crippen molar-refractivity contribution >= 4 is 11.9 Å². The molecule has 1 aromatic heterocycles. The van der Waals surface area contributed by atoms with E-state index < -0.39 is 40.7 Å². The number of carbonyl (C=O) groups is 2. The van der Waals surface area contributed by atoms with E-state index in [1.54, 1.807) is 12.5 Å². The molecule has 27 heavy (non-hydrogen) atoms. The van der Waals surface area contributed by atoms with Crippen LogP contribution in [0.2, 0.25) is 0 Å². The van der Waals surface area contributed by atoms with E-state index in [9.17, 15) is 14.7 Å². The molecule has 6 aliphatic rings. The average Bonchev–Trinajstić information content (AvgIpc) is 3.24. The van der Waals surface area contributed by atoms with Crippen LogP contribution in [-0.4, -0.2) is 41.0 Å². The molecule has 7 nitrogen and oxygen atoms in total. The van der Waals surface area contributed by atoms with Crippen LogP contribution < -0.4 is 0 Å². The summed E-state index contributed by atoms with van der Waals surface area (Å²) in [6.07, 6.45) is 3.34. The predicted octanol–water partition coefficient (Wildman–Crippen LogP) is 1.74. The molecule has 4 aliphatic heterocycles. The molecule has 0 radical (unpaired) electrons. The van der Waals surface area contributed by atoms with Gasteiger partial charge in [0.15, 0.2) is 5.60 Å². The van der Waals surface area contributed by atoms with Crippen molar-refractivity contribution in [2.24, 2.45) is 22.7 Å². The number of carbonyl (C=O) groups excluding carboxylic acids is 2. The summed E-state index contributed by atoms with van der Waals surface area (Å²) in [4.78, 5) is 25.5. The van der Waals surface area contributed by atoms with E-state index in [1.165, 1.54) is 0 Å². The second-order valence-electron chi connectivity index (χ2n) is 9.34. The molecule has 2 aliphatic carbocycles. The van der Waals surface area contributed by atoms with Crippen LogP contribution in [0.1, 0.15) is 44.8 Å². The number of aliphatic hydroxyl groups is 1. The molecule has 1 N–H and O–H groups in total. The number of rotatable bonds is 1. The molecule has 4 saturated heterocycles. The zero-order valence-electron chi connectivity index (χ0n) is 15.2. The highest BCUT2D eigenvalue weighted by Crippen LogP contribution is 2.72. The molecule has 2 bridgehead atoms. The first-order valence-corrected chi connectivity index (χ1v) is 9.62. The Morgan fingerprint density at radius 1 is 1.19 bits per heavy atom. The van der Waals surface area contributed by atoms with Gasteiger partial charge in [-0.3, -0.25) is 4.79 Å². The Kier molecular flexibility index (Phi) is 2.73. The third kappa shape index (κ3) is 1.63. The molecule has 7 rings (SSSR count). The monoisotopic (exact) mass is 374 g/mol. The smallest absolute Gasteiger partial charge is 0.341 e. The van der Waals surface area contributed by atoms with Crippen molar-refractivity contribution in [2.75, 3.05) is 0 Å². The zero-order chi connectivity index (χ0) is 18.8. The van der Waals surface area contributed by atoms with Gasteiger partial charge in [-0.05, 0) is 30.7 Å². The van der Waals surface area contributed by atoms with Gasteiger partial charge in [0.25, 0.3) is 0 Å². The first-order valence-electron chi connectivity index (χ1n) is 9.62. The highest BCUT2D eigenvalue weighted by Gasteiger charge is 2.84. The van der Waals surface area contributed by atoms with Gasteiger partial charge in [0.1, 0.15) is 24.4 Å². The Morgan fingerprint density at radius 3 is 2.74 bits per heavy atom. The predicted molar refractivity (Wildman–Crippen MR) is 88.1 cm³/mol. The molecule has 0 amide bonds. The first kappa shape index (κ1) is 16.1. The van der Waals surface area contributed by atoms with Crippen LogP contribution in [-0.2, 0) is 23.8 Å². The molecule has 0 unspecified atom stereocenters. The van der Waals surface area contributed by atoms with E-state index in [0.29, 0.717) is 19.3 Å². The van der Waals surface area contributed by atoms with E-state index in [2.05, 4.69) is 6.92 Å². The van der Waals surface area contributed by atoms with Gasteiger partial charge in [-0.1, -0.05) is 13.8 Å². The lowest BCUT2D eigenvalue weighted by Crippen LogP contribution is -2.77. The molecule has 7 heteroatoms. The number of esters is 2. The van der Waals surface area contributed by atoms with E-state index in [0.717, 1.165) is 5.56 Å². The largest absolute Gasteiger partial charge is 0.472 e. The van der Waals surface area contributed by atoms with Crippen LogP contribution in [0.3, 0.4) is 0 Å². The highest BCUT2D eigenvalue weighted by atomic mass is 16.7. The summed E-state index contributed by atoms with van der Waals surface area (Å²) >= 11 is 0. The molecule has 5 heterocycles. The maximum absolute atomic E-state index is 12.9. The molecular weight excluding hydrogens is 352 g/mol. The maximum Gasteiger partial charge on any atom is 0.341 e. The van der Waals surface area contributed by atoms with E-state index in [4.69, 9.17) is 18.6 Å². The van der Waals surface area contributed by atoms with Gasteiger partial charge in [0.2, 0.25) is 0 Å². The Morgan fingerprint density at radius 2 is 2.00 bits per heavy atom. The zero-order valence-corrected chi connectivity index (χ0v) is 15.2. The second-order valence-corrected chi connectivity index (χ2v) is 9.34. The van der Waals surface area contributed by atoms with Crippen LogP contribution in [0.5, 0.6) is 0 Å². The highest BCUT2D eigenvalue weighted by molar-refractivity contribution is 5.85. The van der Waals surface area contributed by atoms with Crippen molar-refractivity contribution in [1.82, 2.24) is 0 Å². The molecule has 0 spiro atoms. The van der Waals surface area contributed by atoms with Crippen LogP contribution >= 0.6 is 0 Å². The number of cyclic esters (lactones) is 1. The van der Waals surface area contributed by atoms with Gasteiger partial charge in [0.05, 0.1) is 18.4 Å². The normalized spacial score (nSPS) is 55.1. The van der Waals surface area contributed by atoms with Crippen LogP contribution in [0.4, 0.5) is 0 Å². The van der Waals surface area contributed by atoms with E-state index >= 15 is 0 Å². The van der Waals surface area contributed by atoms with Crippen molar-refractivity contribution in [3.8, 4) is 0 Å². The number of epoxide rings is 1. The summed E-state index contributed by atoms with van der Waals surface area (Å²) in [5.41, 5.74) is -1.97. The van der Waals surface area contributed by atoms with E-state index in [1.807, 2.05) is 13.0 Å². The number of fused-ring (bicyclic) bond motifs is 2. The third-order valence-electron chi connectivity index (χ3n) is 8.24. The van der Waals surface area contributed by atoms with Crippen molar-refractivity contribution in [3.63, 3.8) is 0 Å². The number of hydrogen-bond acceptors (Lipinski definition) is 7. The Balaban J connectivity index is 1.48. The lowest BCUT2D eigenvalue weighted by Gasteiger charge is -2.66. The fourth-order valence-corrected chi connectivity index (χ4v) is 6.93. The lowest BCUT2D eigenvalue weighted by molar-refractivity contribution is -0.282. The maximum atomic E-state index is 12.9. The number of hydrogen-bond donors (Lipinski definition) is 1. The summed E-state index contributed by atoms with van der Waals surface area (Å²) in [6.45, 7) is 4.06. The quantitative estimate of drug-likeness (QED) is 0.590. The van der Waals surface area contributed by atoms with E-state index in [-0.39, 0.29) is 23.9 Å². The van der Waals surface area contributed by atoms with Crippen LogP contribution in [0.25, 0.3) is 0 Å². The molecule has 6 fully saturated rings. The minimum absolute atomic E-state index is 0.169. The Hall–Kier alpha value is -1.86. The van der Waals surface area contributed by atoms with Crippen molar-refractivity contribution in [2.45, 2.75) is 63.1 Å². The van der Waals surface area contributed by atoms with Gasteiger partial charge < -0.3 is 23.7 Å². The molecule has 0 aromatic carbocycles. The van der Waals surface area contributed by atoms with Gasteiger partial charge in [-0.15, -0.1) is 0 Å². The first-order chi connectivity index (χ1) is 12.8. The Bertz CT molecular complexity index is 849. The molecule has 2 saturated carbocycles. The summed E-state index contributed by atoms with van der Waals surface area (Å²) < 4.78 is 22.3. The summed E-state index contributed by atoms with van der Waals surface area (Å²) in [5, 5.41) is 11.4. The van der Waals surface area contributed by atoms with Crippen molar-refractivity contribution in [3.05, 3.63) is 24.2 Å². The van der Waals surface area contributed by atoms with Gasteiger partial charge in [-0.2, -0.15) is 0 Å². The second kappa shape index (κ2) is 4.58. The fraction of sp³-hybridized carbons (Fsp3) is 0.700. The lowest BCUT2D eigenvalue weighted by atomic mass is 9.41. The Labute approximate surface area is 155 Å². The third-order valence-corrected chi connectivity index (χ3v) is 8.24. The average molecular weight is 374 g/mol. The fourth-order valence-electron chi connectivity index (χ4n) is 6.93. The van der Waals surface area contributed by atoms with Crippen LogP contribution in [0.15, 0.2) is 23.0 Å². The molecule has 1 aromatic rings. The standard InChI is InChI=1S/C20H22O7/c1-18-7-11(9-4-6-24-8-9)25-16(21)10(18)3-5-19(2)14(18)12-13-15(26-13)20(19,23)17(22)27-12/h4,6,8,10-15,23H,3,5,7H2,1-2H3/t10-,11+,12+,13-,14-,15-,18+,19+,20-/m0/s1.